The average molecular weight is 480 g/mol. The molecule has 0 aliphatic heterocycles. The molecule has 2 bridgehead atoms. The monoisotopic (exact) mass is 479 g/mol. The Labute approximate surface area is 214 Å². The van der Waals surface area contributed by atoms with Crippen LogP contribution >= 0.6 is 0 Å². The van der Waals surface area contributed by atoms with Gasteiger partial charge in [0.1, 0.15) is 5.75 Å². The summed E-state index contributed by atoms with van der Waals surface area (Å²) < 4.78 is 0. The summed E-state index contributed by atoms with van der Waals surface area (Å²) in [6.45, 7) is 0. The fourth-order valence-electron chi connectivity index (χ4n) is 7.11. The number of phenolic OH excluding ortho intramolecular Hbond substituents is 1. The van der Waals surface area contributed by atoms with E-state index >= 15 is 0 Å². The van der Waals surface area contributed by atoms with Crippen molar-refractivity contribution in [2.24, 2.45) is 0 Å². The molecule has 0 spiro atoms. The van der Waals surface area contributed by atoms with Crippen LogP contribution in [0.1, 0.15) is 42.2 Å². The lowest BCUT2D eigenvalue weighted by molar-refractivity contribution is 0.488. The molecule has 8 rings (SSSR count). The Hall–Kier alpha value is -4.37. The number of aromatic nitrogens is 1. The van der Waals surface area contributed by atoms with Crippen LogP contribution in [0.2, 0.25) is 0 Å². The smallest absolute Gasteiger partial charge is 0.196 e. The number of rotatable bonds is 2. The van der Waals surface area contributed by atoms with Crippen molar-refractivity contribution < 1.29 is 5.11 Å². The highest BCUT2D eigenvalue weighted by Gasteiger charge is 2.40. The molecule has 37 heavy (non-hydrogen) atoms. The second kappa shape index (κ2) is 7.57. The number of aromatic amines is 1. The van der Waals surface area contributed by atoms with Crippen molar-refractivity contribution in [3.63, 3.8) is 0 Å². The zero-order valence-electron chi connectivity index (χ0n) is 20.3. The zero-order valence-corrected chi connectivity index (χ0v) is 20.3. The summed E-state index contributed by atoms with van der Waals surface area (Å²) in [4.78, 5) is 17.6. The molecule has 2 aliphatic rings. The van der Waals surface area contributed by atoms with E-state index in [9.17, 15) is 9.90 Å². The molecule has 1 fully saturated rings. The molecule has 6 aromatic rings. The van der Waals surface area contributed by atoms with Gasteiger partial charge in [-0.2, -0.15) is 0 Å². The van der Waals surface area contributed by atoms with E-state index in [1.54, 1.807) is 0 Å². The average Bonchev–Trinajstić information content (AvgIpc) is 3.59. The highest BCUT2D eigenvalue weighted by molar-refractivity contribution is 6.15. The van der Waals surface area contributed by atoms with Gasteiger partial charge in [-0.25, -0.2) is 0 Å². The van der Waals surface area contributed by atoms with Crippen LogP contribution in [0.25, 0.3) is 54.8 Å². The third-order valence-corrected chi connectivity index (χ3v) is 8.72. The molecule has 178 valence electrons. The standard InChI is InChI=1S/C34H25NO2/c36-33-24-11-4-5-12-25(24)34(37)30-27(33)16-15-26-28-21-13-14-22(18-21)29(28)31(35-32(26)30)23-10-6-9-20(17-23)19-7-2-1-3-8-19/h1-12,15-17,21-22,35-36H,13-14,18H2. The van der Waals surface area contributed by atoms with Crippen molar-refractivity contribution in [1.82, 2.24) is 4.98 Å². The van der Waals surface area contributed by atoms with Gasteiger partial charge >= 0.3 is 0 Å². The van der Waals surface area contributed by atoms with E-state index in [1.807, 2.05) is 36.4 Å². The van der Waals surface area contributed by atoms with Crippen molar-refractivity contribution in [3.8, 4) is 28.1 Å². The maximum atomic E-state index is 13.9. The molecule has 2 atom stereocenters. The number of H-pyrrole nitrogens is 1. The fraction of sp³-hybridized carbons (Fsp3) is 0.147. The van der Waals surface area contributed by atoms with Crippen molar-refractivity contribution in [2.75, 3.05) is 0 Å². The molecular formula is C34H25NO2. The number of aromatic hydroxyl groups is 1. The predicted octanol–water partition coefficient (Wildman–Crippen LogP) is 8.24. The van der Waals surface area contributed by atoms with Gasteiger partial charge in [-0.05, 0) is 71.0 Å². The number of pyridine rings is 1. The Morgan fingerprint density at radius 1 is 0.649 bits per heavy atom. The van der Waals surface area contributed by atoms with Gasteiger partial charge in [0.25, 0.3) is 0 Å². The Morgan fingerprint density at radius 3 is 2.16 bits per heavy atom. The van der Waals surface area contributed by atoms with Gasteiger partial charge in [-0.1, -0.05) is 78.9 Å². The summed E-state index contributed by atoms with van der Waals surface area (Å²) in [7, 11) is 0. The molecule has 1 heterocycles. The number of fused-ring (bicyclic) bond motifs is 10. The second-order valence-electron chi connectivity index (χ2n) is 10.6. The molecule has 0 amide bonds. The van der Waals surface area contributed by atoms with Crippen LogP contribution in [0.3, 0.4) is 0 Å². The first kappa shape index (κ1) is 20.8. The minimum atomic E-state index is -0.0302. The van der Waals surface area contributed by atoms with Crippen LogP contribution in [0.4, 0.5) is 0 Å². The first-order chi connectivity index (χ1) is 18.2. The van der Waals surface area contributed by atoms with E-state index in [0.29, 0.717) is 33.4 Å². The molecular weight excluding hydrogens is 454 g/mol. The minimum absolute atomic E-state index is 0.0302. The van der Waals surface area contributed by atoms with Crippen LogP contribution < -0.4 is 5.43 Å². The van der Waals surface area contributed by atoms with Gasteiger partial charge in [0, 0.05) is 27.2 Å². The normalized spacial score (nSPS) is 18.2. The van der Waals surface area contributed by atoms with Crippen LogP contribution in [0, 0.1) is 0 Å². The lowest BCUT2D eigenvalue weighted by Gasteiger charge is -2.23. The molecule has 1 saturated carbocycles. The summed E-state index contributed by atoms with van der Waals surface area (Å²) in [6, 6.07) is 30.6. The Bertz CT molecular complexity index is 1950. The van der Waals surface area contributed by atoms with Gasteiger partial charge in [0.15, 0.2) is 5.43 Å². The minimum Gasteiger partial charge on any atom is -0.507 e. The van der Waals surface area contributed by atoms with Crippen LogP contribution in [0.15, 0.2) is 95.8 Å². The SMILES string of the molecule is O=c1c2ccccc2c(O)c2ccc3c4c(c(-c5cccc(-c6ccccc6)c5)[nH]c3c12)C1CCC4C1. The Kier molecular flexibility index (Phi) is 4.25. The quantitative estimate of drug-likeness (QED) is 0.194. The molecule has 1 aromatic heterocycles. The number of nitrogens with one attached hydrogen (secondary N) is 1. The molecule has 2 aliphatic carbocycles. The van der Waals surface area contributed by atoms with Gasteiger partial charge in [0.2, 0.25) is 0 Å². The van der Waals surface area contributed by atoms with Crippen molar-refractivity contribution in [2.45, 2.75) is 31.1 Å². The van der Waals surface area contributed by atoms with E-state index in [0.717, 1.165) is 22.2 Å². The molecule has 0 saturated heterocycles. The lowest BCUT2D eigenvalue weighted by atomic mass is 9.85. The van der Waals surface area contributed by atoms with E-state index in [-0.39, 0.29) is 11.2 Å². The largest absolute Gasteiger partial charge is 0.507 e. The Balaban J connectivity index is 1.49. The van der Waals surface area contributed by atoms with E-state index in [1.165, 1.54) is 41.5 Å². The second-order valence-corrected chi connectivity index (χ2v) is 10.6. The fourth-order valence-corrected chi connectivity index (χ4v) is 7.11. The number of hydrogen-bond donors (Lipinski definition) is 2. The molecule has 3 nitrogen and oxygen atoms in total. The first-order valence-electron chi connectivity index (χ1n) is 13.1. The molecule has 2 N–H and O–H groups in total. The molecule has 3 heteroatoms. The maximum absolute atomic E-state index is 13.9. The van der Waals surface area contributed by atoms with Crippen molar-refractivity contribution in [1.29, 1.82) is 0 Å². The highest BCUT2D eigenvalue weighted by Crippen LogP contribution is 2.57. The first-order valence-corrected chi connectivity index (χ1v) is 13.1. The number of phenols is 1. The molecule has 0 radical (unpaired) electrons. The maximum Gasteiger partial charge on any atom is 0.196 e. The van der Waals surface area contributed by atoms with E-state index < -0.39 is 0 Å². The predicted molar refractivity (Wildman–Crippen MR) is 151 cm³/mol. The summed E-state index contributed by atoms with van der Waals surface area (Å²) in [5.41, 5.74) is 8.26. The zero-order chi connectivity index (χ0) is 24.7. The third-order valence-electron chi connectivity index (χ3n) is 8.72. The van der Waals surface area contributed by atoms with Crippen molar-refractivity contribution >= 4 is 32.4 Å². The topological polar surface area (TPSA) is 53.1 Å². The van der Waals surface area contributed by atoms with E-state index in [2.05, 4.69) is 59.6 Å². The summed E-state index contributed by atoms with van der Waals surface area (Å²) >= 11 is 0. The van der Waals surface area contributed by atoms with Crippen LogP contribution in [-0.4, -0.2) is 10.1 Å². The lowest BCUT2D eigenvalue weighted by Crippen LogP contribution is -2.08. The van der Waals surface area contributed by atoms with Gasteiger partial charge in [-0.15, -0.1) is 0 Å². The summed E-state index contributed by atoms with van der Waals surface area (Å²) in [5, 5.41) is 14.7. The third kappa shape index (κ3) is 2.85. The van der Waals surface area contributed by atoms with Crippen LogP contribution in [0.5, 0.6) is 5.75 Å². The van der Waals surface area contributed by atoms with E-state index in [4.69, 9.17) is 0 Å². The highest BCUT2D eigenvalue weighted by atomic mass is 16.3. The summed E-state index contributed by atoms with van der Waals surface area (Å²) in [5.74, 6) is 1.24. The Morgan fingerprint density at radius 2 is 1.32 bits per heavy atom. The van der Waals surface area contributed by atoms with Crippen LogP contribution in [-0.2, 0) is 0 Å². The van der Waals surface area contributed by atoms with Gasteiger partial charge in [0.05, 0.1) is 10.9 Å². The van der Waals surface area contributed by atoms with Gasteiger partial charge in [-0.3, -0.25) is 4.79 Å². The van der Waals surface area contributed by atoms with Crippen molar-refractivity contribution in [3.05, 3.63) is 112 Å². The number of benzene rings is 5. The summed E-state index contributed by atoms with van der Waals surface area (Å²) in [6.07, 6.45) is 3.60. The molecule has 5 aromatic carbocycles. The molecule has 2 unspecified atom stereocenters. The number of hydrogen-bond acceptors (Lipinski definition) is 2. The van der Waals surface area contributed by atoms with Gasteiger partial charge < -0.3 is 10.1 Å².